The number of amides is 2. The van der Waals surface area contributed by atoms with Crippen molar-refractivity contribution >= 4 is 29.3 Å². The highest BCUT2D eigenvalue weighted by atomic mass is 16.3. The second-order valence-electron chi connectivity index (χ2n) is 9.95. The molecule has 0 radical (unpaired) electrons. The highest BCUT2D eigenvalue weighted by Gasteiger charge is 2.37. The van der Waals surface area contributed by atoms with Crippen molar-refractivity contribution in [2.24, 2.45) is 0 Å². The number of aliphatic hydroxyl groups is 1. The Morgan fingerprint density at radius 3 is 2.73 bits per heavy atom. The summed E-state index contributed by atoms with van der Waals surface area (Å²) in [6, 6.07) is 8.43. The van der Waals surface area contributed by atoms with Gasteiger partial charge in [0.15, 0.2) is 0 Å². The van der Waals surface area contributed by atoms with E-state index in [4.69, 9.17) is 5.26 Å². The van der Waals surface area contributed by atoms with E-state index in [1.165, 1.54) is 11.0 Å². The molecule has 41 heavy (non-hydrogen) atoms. The van der Waals surface area contributed by atoms with E-state index in [1.807, 2.05) is 19.0 Å². The predicted octanol–water partition coefficient (Wildman–Crippen LogP) is 2.24. The van der Waals surface area contributed by atoms with Crippen LogP contribution in [0.1, 0.15) is 43.7 Å². The number of aromatic nitrogens is 2. The minimum absolute atomic E-state index is 0.146. The fraction of sp³-hybridized carbons (Fsp3) is 0.433. The number of likely N-dealkylation sites (tertiary alicyclic amines) is 1. The average molecular weight is 559 g/mol. The van der Waals surface area contributed by atoms with E-state index in [0.717, 1.165) is 18.7 Å². The van der Waals surface area contributed by atoms with Crippen LogP contribution in [-0.4, -0.2) is 89.1 Å². The second-order valence-corrected chi connectivity index (χ2v) is 9.95. The van der Waals surface area contributed by atoms with Crippen LogP contribution in [0.5, 0.6) is 0 Å². The molecular formula is C30H38N8O3. The van der Waals surface area contributed by atoms with Gasteiger partial charge in [-0.3, -0.25) is 9.59 Å². The van der Waals surface area contributed by atoms with Gasteiger partial charge in [0.1, 0.15) is 11.9 Å². The largest absolute Gasteiger partial charge is 0.391 e. The Bertz CT molecular complexity index is 1310. The number of hydrogen-bond donors (Lipinski definition) is 4. The number of rotatable bonds is 12. The van der Waals surface area contributed by atoms with Crippen molar-refractivity contribution < 1.29 is 14.7 Å². The SMILES string of the molecule is CCCNc1nc(Nc2ccc(C#N)cc2)ncc1C#CCCCNC(=O)[C@@H]1C[C@@H](O)CN1C(=O)/C=C/CN(C)C. The van der Waals surface area contributed by atoms with E-state index in [0.29, 0.717) is 48.8 Å². The number of anilines is 3. The van der Waals surface area contributed by atoms with Crippen LogP contribution < -0.4 is 16.0 Å². The average Bonchev–Trinajstić information content (AvgIpc) is 3.36. The summed E-state index contributed by atoms with van der Waals surface area (Å²) in [6.45, 7) is 3.96. The summed E-state index contributed by atoms with van der Waals surface area (Å²) in [5.41, 5.74) is 2.01. The molecule has 1 aliphatic heterocycles. The molecule has 0 spiro atoms. The van der Waals surface area contributed by atoms with E-state index < -0.39 is 12.1 Å². The molecule has 1 saturated heterocycles. The number of likely N-dealkylation sites (N-methyl/N-ethyl adjacent to an activating group) is 1. The first kappa shape index (κ1) is 31.1. The molecule has 2 amide bonds. The van der Waals surface area contributed by atoms with E-state index >= 15 is 0 Å². The molecule has 0 bridgehead atoms. The summed E-state index contributed by atoms with van der Waals surface area (Å²) in [6.07, 6.45) is 6.46. The van der Waals surface area contributed by atoms with Gasteiger partial charge in [-0.15, -0.1) is 0 Å². The molecule has 216 valence electrons. The number of hydrogen-bond acceptors (Lipinski definition) is 9. The Morgan fingerprint density at radius 2 is 2.02 bits per heavy atom. The highest BCUT2D eigenvalue weighted by Crippen LogP contribution is 2.19. The molecule has 2 atom stereocenters. The molecule has 0 unspecified atom stereocenters. The molecule has 1 aromatic carbocycles. The predicted molar refractivity (Wildman–Crippen MR) is 158 cm³/mol. The van der Waals surface area contributed by atoms with Crippen LogP contribution in [0.3, 0.4) is 0 Å². The van der Waals surface area contributed by atoms with E-state index in [9.17, 15) is 14.7 Å². The van der Waals surface area contributed by atoms with Gasteiger partial charge in [0.2, 0.25) is 17.8 Å². The number of benzene rings is 1. The first-order chi connectivity index (χ1) is 19.8. The van der Waals surface area contributed by atoms with E-state index in [-0.39, 0.29) is 24.8 Å². The van der Waals surface area contributed by atoms with Crippen LogP contribution in [0, 0.1) is 23.2 Å². The van der Waals surface area contributed by atoms with Crippen LogP contribution >= 0.6 is 0 Å². The lowest BCUT2D eigenvalue weighted by Crippen LogP contribution is -2.45. The van der Waals surface area contributed by atoms with Crippen molar-refractivity contribution in [1.82, 2.24) is 25.1 Å². The summed E-state index contributed by atoms with van der Waals surface area (Å²) >= 11 is 0. The minimum Gasteiger partial charge on any atom is -0.391 e. The third-order valence-electron chi connectivity index (χ3n) is 6.20. The summed E-state index contributed by atoms with van der Waals surface area (Å²) in [5, 5.41) is 28.3. The van der Waals surface area contributed by atoms with Crippen LogP contribution in [0.15, 0.2) is 42.6 Å². The van der Waals surface area contributed by atoms with Gasteiger partial charge in [-0.2, -0.15) is 10.2 Å². The van der Waals surface area contributed by atoms with E-state index in [2.05, 4.69) is 50.8 Å². The zero-order valence-electron chi connectivity index (χ0n) is 23.9. The van der Waals surface area contributed by atoms with Gasteiger partial charge in [-0.1, -0.05) is 24.8 Å². The zero-order valence-corrected chi connectivity index (χ0v) is 23.9. The molecular weight excluding hydrogens is 520 g/mol. The summed E-state index contributed by atoms with van der Waals surface area (Å²) in [4.78, 5) is 37.6. The molecule has 2 heterocycles. The topological polar surface area (TPSA) is 147 Å². The molecule has 0 saturated carbocycles. The van der Waals surface area contributed by atoms with Crippen molar-refractivity contribution in [3.8, 4) is 17.9 Å². The van der Waals surface area contributed by atoms with Crippen molar-refractivity contribution in [2.75, 3.05) is 50.9 Å². The zero-order chi connectivity index (χ0) is 29.6. The van der Waals surface area contributed by atoms with Crippen molar-refractivity contribution in [1.29, 1.82) is 5.26 Å². The van der Waals surface area contributed by atoms with Crippen molar-refractivity contribution in [3.63, 3.8) is 0 Å². The first-order valence-corrected chi connectivity index (χ1v) is 13.7. The van der Waals surface area contributed by atoms with Gasteiger partial charge >= 0.3 is 0 Å². The number of nitrogens with zero attached hydrogens (tertiary/aromatic N) is 5. The molecule has 11 heteroatoms. The van der Waals surface area contributed by atoms with Crippen LogP contribution in [0.4, 0.5) is 17.5 Å². The van der Waals surface area contributed by atoms with Gasteiger partial charge in [0, 0.05) is 50.8 Å². The third kappa shape index (κ3) is 9.91. The van der Waals surface area contributed by atoms with E-state index in [1.54, 1.807) is 36.5 Å². The maximum absolute atomic E-state index is 12.8. The standard InChI is InChI=1S/C30H38N8O3/c1-4-15-32-28-23(20-34-30(36-28)35-24-13-11-22(19-31)12-14-24)9-6-5-7-16-33-29(41)26-18-25(39)21-38(26)27(40)10-8-17-37(2)3/h8,10-14,20,25-26,39H,4-5,7,15-18,21H2,1-3H3,(H,33,41)(H2,32,34,35,36)/b10-8+/t25-,26+/m1/s1. The third-order valence-corrected chi connectivity index (χ3v) is 6.20. The normalized spacial score (nSPS) is 16.2. The van der Waals surface area contributed by atoms with Crippen molar-refractivity contribution in [3.05, 3.63) is 53.7 Å². The van der Waals surface area contributed by atoms with Crippen LogP contribution in [-0.2, 0) is 9.59 Å². The van der Waals surface area contributed by atoms with Gasteiger partial charge in [0.05, 0.1) is 29.5 Å². The molecule has 11 nitrogen and oxygen atoms in total. The molecule has 4 N–H and O–H groups in total. The maximum atomic E-state index is 12.8. The smallest absolute Gasteiger partial charge is 0.247 e. The second kappa shape index (κ2) is 16.0. The number of carbonyl (C=O) groups excluding carboxylic acids is 2. The molecule has 0 aliphatic carbocycles. The Kier molecular flexibility index (Phi) is 12.1. The van der Waals surface area contributed by atoms with Gasteiger partial charge < -0.3 is 30.9 Å². The minimum atomic E-state index is -0.716. The first-order valence-electron chi connectivity index (χ1n) is 13.7. The maximum Gasteiger partial charge on any atom is 0.247 e. The molecule has 1 aliphatic rings. The Hall–Kier alpha value is -4.45. The number of β-amino-alcohol motifs (C(OH)–C–C–N with tert-alkyl or cyclic N) is 1. The summed E-state index contributed by atoms with van der Waals surface area (Å²) < 4.78 is 0. The Morgan fingerprint density at radius 1 is 1.24 bits per heavy atom. The molecule has 1 fully saturated rings. The fourth-order valence-corrected chi connectivity index (χ4v) is 4.10. The number of carbonyl (C=O) groups is 2. The summed E-state index contributed by atoms with van der Waals surface area (Å²) in [7, 11) is 3.80. The van der Waals surface area contributed by atoms with Gasteiger partial charge in [-0.25, -0.2) is 4.98 Å². The Balaban J connectivity index is 1.52. The number of aliphatic hydroxyl groups excluding tert-OH is 1. The summed E-state index contributed by atoms with van der Waals surface area (Å²) in [5.74, 6) is 6.73. The van der Waals surface area contributed by atoms with Crippen molar-refractivity contribution in [2.45, 2.75) is 44.8 Å². The fourth-order valence-electron chi connectivity index (χ4n) is 4.10. The van der Waals surface area contributed by atoms with Crippen LogP contribution in [0.2, 0.25) is 0 Å². The highest BCUT2D eigenvalue weighted by molar-refractivity contribution is 5.93. The lowest BCUT2D eigenvalue weighted by atomic mass is 10.2. The molecule has 1 aromatic heterocycles. The Labute approximate surface area is 241 Å². The number of nitriles is 1. The molecule has 3 rings (SSSR count). The number of nitrogens with one attached hydrogen (secondary N) is 3. The number of unbranched alkanes of at least 4 members (excludes halogenated alkanes) is 1. The monoisotopic (exact) mass is 558 g/mol. The van der Waals surface area contributed by atoms with Crippen LogP contribution in [0.25, 0.3) is 0 Å². The van der Waals surface area contributed by atoms with Gasteiger partial charge in [0.25, 0.3) is 0 Å². The molecule has 2 aromatic rings. The lowest BCUT2D eigenvalue weighted by molar-refractivity contribution is -0.135. The quantitative estimate of drug-likeness (QED) is 0.175. The lowest BCUT2D eigenvalue weighted by Gasteiger charge is -2.22. The van der Waals surface area contributed by atoms with Gasteiger partial charge in [-0.05, 0) is 51.2 Å².